The topological polar surface area (TPSA) is 47.4 Å². The first-order valence-corrected chi connectivity index (χ1v) is 10.4. The van der Waals surface area contributed by atoms with Gasteiger partial charge in [0, 0.05) is 31.4 Å². The van der Waals surface area contributed by atoms with Crippen LogP contribution in [0.1, 0.15) is 36.2 Å². The highest BCUT2D eigenvalue weighted by molar-refractivity contribution is 5.99. The van der Waals surface area contributed by atoms with Crippen LogP contribution in [0.25, 0.3) is 11.1 Å². The molecule has 1 aromatic heterocycles. The Hall–Kier alpha value is -3.15. The van der Waals surface area contributed by atoms with E-state index in [2.05, 4.69) is 5.10 Å². The first kappa shape index (κ1) is 20.1. The van der Waals surface area contributed by atoms with E-state index in [-0.39, 0.29) is 17.8 Å². The first-order valence-electron chi connectivity index (χ1n) is 10.4. The van der Waals surface area contributed by atoms with Crippen molar-refractivity contribution in [2.45, 2.75) is 31.7 Å². The second kappa shape index (κ2) is 9.11. The van der Waals surface area contributed by atoms with Crippen LogP contribution in [0.2, 0.25) is 0 Å². The molecule has 0 bridgehead atoms. The van der Waals surface area contributed by atoms with E-state index in [1.54, 1.807) is 16.8 Å². The maximum Gasteiger partial charge on any atom is 0.275 e. The molecule has 1 fully saturated rings. The van der Waals surface area contributed by atoms with Gasteiger partial charge in [0.25, 0.3) is 5.91 Å². The number of aromatic nitrogens is 2. The van der Waals surface area contributed by atoms with Gasteiger partial charge in [-0.15, -0.1) is 0 Å². The van der Waals surface area contributed by atoms with E-state index < -0.39 is 0 Å². The number of hydrogen-bond acceptors (Lipinski definition) is 3. The highest BCUT2D eigenvalue weighted by Gasteiger charge is 2.31. The highest BCUT2D eigenvalue weighted by atomic mass is 19.1. The van der Waals surface area contributed by atoms with Crippen molar-refractivity contribution in [1.29, 1.82) is 0 Å². The van der Waals surface area contributed by atoms with Crippen molar-refractivity contribution in [3.63, 3.8) is 0 Å². The number of nitrogens with zero attached hydrogens (tertiary/aromatic N) is 3. The van der Waals surface area contributed by atoms with Gasteiger partial charge in [-0.05, 0) is 55.5 Å². The number of aryl methyl sites for hydroxylation is 1. The monoisotopic (exact) mass is 407 g/mol. The Morgan fingerprint density at radius 3 is 2.57 bits per heavy atom. The van der Waals surface area contributed by atoms with Gasteiger partial charge in [0.2, 0.25) is 0 Å². The zero-order valence-corrected chi connectivity index (χ0v) is 17.1. The fourth-order valence-corrected chi connectivity index (χ4v) is 3.72. The number of rotatable bonds is 8. The normalized spacial score (nSPS) is 13.7. The molecular formula is C24H26FN3O2. The molecule has 4 rings (SSSR count). The van der Waals surface area contributed by atoms with Gasteiger partial charge in [-0.1, -0.05) is 30.3 Å². The predicted molar refractivity (Wildman–Crippen MR) is 114 cm³/mol. The Labute approximate surface area is 176 Å². The molecule has 0 radical (unpaired) electrons. The van der Waals surface area contributed by atoms with Crippen molar-refractivity contribution in [2.75, 3.05) is 13.2 Å². The van der Waals surface area contributed by atoms with E-state index in [0.29, 0.717) is 31.0 Å². The zero-order valence-electron chi connectivity index (χ0n) is 17.1. The Morgan fingerprint density at radius 1 is 1.17 bits per heavy atom. The molecule has 6 heteroatoms. The highest BCUT2D eigenvalue weighted by Crippen LogP contribution is 2.29. The average Bonchev–Trinajstić information content (AvgIpc) is 3.12. The minimum absolute atomic E-state index is 0.0269. The van der Waals surface area contributed by atoms with Crippen LogP contribution in [-0.2, 0) is 7.05 Å². The molecule has 1 aliphatic carbocycles. The number of ether oxygens (including phenoxy) is 1. The van der Waals surface area contributed by atoms with Gasteiger partial charge in [0.1, 0.15) is 11.6 Å². The zero-order chi connectivity index (χ0) is 20.9. The molecule has 0 N–H and O–H groups in total. The van der Waals surface area contributed by atoms with E-state index in [1.807, 2.05) is 48.5 Å². The lowest BCUT2D eigenvalue weighted by atomic mass is 9.90. The van der Waals surface area contributed by atoms with Crippen LogP contribution in [0.5, 0.6) is 5.75 Å². The van der Waals surface area contributed by atoms with Gasteiger partial charge in [-0.2, -0.15) is 5.10 Å². The molecular weight excluding hydrogens is 381 g/mol. The van der Waals surface area contributed by atoms with E-state index >= 15 is 0 Å². The number of amides is 1. The third-order valence-electron chi connectivity index (χ3n) is 5.52. The second-order valence-electron chi connectivity index (χ2n) is 7.67. The summed E-state index contributed by atoms with van der Waals surface area (Å²) >= 11 is 0. The van der Waals surface area contributed by atoms with E-state index in [4.69, 9.17) is 4.74 Å². The van der Waals surface area contributed by atoms with Gasteiger partial charge in [0.15, 0.2) is 5.69 Å². The summed E-state index contributed by atoms with van der Waals surface area (Å²) in [6.07, 6.45) is 5.80. The quantitative estimate of drug-likeness (QED) is 0.509. The second-order valence-corrected chi connectivity index (χ2v) is 7.67. The van der Waals surface area contributed by atoms with E-state index in [0.717, 1.165) is 30.4 Å². The van der Waals surface area contributed by atoms with Crippen LogP contribution < -0.4 is 4.74 Å². The van der Waals surface area contributed by atoms with Gasteiger partial charge < -0.3 is 9.64 Å². The number of carbonyl (C=O) groups excluding carboxylic acids is 1. The molecule has 1 aliphatic rings. The molecule has 1 saturated carbocycles. The number of hydrogen-bond donors (Lipinski definition) is 0. The molecule has 1 amide bonds. The lowest BCUT2D eigenvalue weighted by molar-refractivity contribution is 0.0559. The molecule has 156 valence electrons. The minimum Gasteiger partial charge on any atom is -0.494 e. The number of benzene rings is 2. The van der Waals surface area contributed by atoms with Crippen molar-refractivity contribution in [3.8, 4) is 16.9 Å². The van der Waals surface area contributed by atoms with Crippen molar-refractivity contribution in [3.05, 3.63) is 72.3 Å². The van der Waals surface area contributed by atoms with Crippen LogP contribution in [0.4, 0.5) is 4.39 Å². The minimum atomic E-state index is -0.284. The Balaban J connectivity index is 1.45. The molecule has 2 aromatic carbocycles. The third-order valence-corrected chi connectivity index (χ3v) is 5.52. The summed E-state index contributed by atoms with van der Waals surface area (Å²) in [5.41, 5.74) is 2.34. The lowest BCUT2D eigenvalue weighted by Gasteiger charge is -2.37. The van der Waals surface area contributed by atoms with Gasteiger partial charge >= 0.3 is 0 Å². The Kier molecular flexibility index (Phi) is 6.12. The molecule has 3 aromatic rings. The van der Waals surface area contributed by atoms with E-state index in [9.17, 15) is 9.18 Å². The summed E-state index contributed by atoms with van der Waals surface area (Å²) in [7, 11) is 1.84. The SMILES string of the molecule is Cn1cc(-c2ccccc2)c(C(=O)N(CCCOc2ccc(F)cc2)C2CCC2)n1. The van der Waals surface area contributed by atoms with Crippen molar-refractivity contribution in [1.82, 2.24) is 14.7 Å². The molecule has 0 atom stereocenters. The molecule has 0 unspecified atom stereocenters. The van der Waals surface area contributed by atoms with Crippen LogP contribution in [0, 0.1) is 5.82 Å². The summed E-state index contributed by atoms with van der Waals surface area (Å²) in [5, 5.41) is 4.49. The van der Waals surface area contributed by atoms with Crippen LogP contribution >= 0.6 is 0 Å². The first-order chi connectivity index (χ1) is 14.6. The van der Waals surface area contributed by atoms with Gasteiger partial charge in [0.05, 0.1) is 6.61 Å². The Bertz CT molecular complexity index is 981. The Morgan fingerprint density at radius 2 is 1.90 bits per heavy atom. The van der Waals surface area contributed by atoms with Crippen molar-refractivity contribution in [2.24, 2.45) is 7.05 Å². The summed E-state index contributed by atoms with van der Waals surface area (Å²) < 4.78 is 20.4. The predicted octanol–water partition coefficient (Wildman–Crippen LogP) is 4.69. The van der Waals surface area contributed by atoms with Gasteiger partial charge in [-0.3, -0.25) is 9.48 Å². The summed E-state index contributed by atoms with van der Waals surface area (Å²) in [4.78, 5) is 15.4. The maximum atomic E-state index is 13.5. The standard InChI is InChI=1S/C24H26FN3O2/c1-27-17-22(18-7-3-2-4-8-18)23(26-27)24(29)28(20-9-5-10-20)15-6-16-30-21-13-11-19(25)12-14-21/h2-4,7-8,11-14,17,20H,5-6,9-10,15-16H2,1H3. The largest absolute Gasteiger partial charge is 0.494 e. The number of halogens is 1. The fourth-order valence-electron chi connectivity index (χ4n) is 3.72. The fraction of sp³-hybridized carbons (Fsp3) is 0.333. The van der Waals surface area contributed by atoms with Crippen LogP contribution in [0.3, 0.4) is 0 Å². The third kappa shape index (κ3) is 4.53. The van der Waals surface area contributed by atoms with Crippen molar-refractivity contribution >= 4 is 5.91 Å². The average molecular weight is 407 g/mol. The molecule has 0 aliphatic heterocycles. The van der Waals surface area contributed by atoms with E-state index in [1.165, 1.54) is 12.1 Å². The summed E-state index contributed by atoms with van der Waals surface area (Å²) in [5.74, 6) is 0.323. The van der Waals surface area contributed by atoms with Gasteiger partial charge in [-0.25, -0.2) is 4.39 Å². The van der Waals surface area contributed by atoms with Crippen LogP contribution in [-0.4, -0.2) is 39.8 Å². The maximum absolute atomic E-state index is 13.5. The molecule has 5 nitrogen and oxygen atoms in total. The molecule has 0 spiro atoms. The molecule has 30 heavy (non-hydrogen) atoms. The molecule has 0 saturated heterocycles. The lowest BCUT2D eigenvalue weighted by Crippen LogP contribution is -2.45. The van der Waals surface area contributed by atoms with Crippen molar-refractivity contribution < 1.29 is 13.9 Å². The summed E-state index contributed by atoms with van der Waals surface area (Å²) in [6, 6.07) is 16.1. The smallest absolute Gasteiger partial charge is 0.275 e. The van der Waals surface area contributed by atoms with Crippen LogP contribution in [0.15, 0.2) is 60.8 Å². The summed E-state index contributed by atoms with van der Waals surface area (Å²) in [6.45, 7) is 1.07. The number of carbonyl (C=O) groups is 1. The molecule has 1 heterocycles.